The van der Waals surface area contributed by atoms with E-state index in [1.54, 1.807) is 4.90 Å². The van der Waals surface area contributed by atoms with E-state index in [0.717, 1.165) is 38.6 Å². The van der Waals surface area contributed by atoms with Gasteiger partial charge in [-0.25, -0.2) is 0 Å². The van der Waals surface area contributed by atoms with Crippen LogP contribution in [0.3, 0.4) is 0 Å². The lowest BCUT2D eigenvalue weighted by molar-refractivity contribution is -0.149. The third kappa shape index (κ3) is 5.24. The molecule has 2 fully saturated rings. The number of nitrogens with one attached hydrogen (secondary N) is 1. The van der Waals surface area contributed by atoms with Gasteiger partial charge >= 0.3 is 6.18 Å². The zero-order valence-electron chi connectivity index (χ0n) is 12.4. The van der Waals surface area contributed by atoms with Crippen molar-refractivity contribution in [2.45, 2.75) is 70.1 Å². The first-order valence-electron chi connectivity index (χ1n) is 8.04. The van der Waals surface area contributed by atoms with Gasteiger partial charge in [0.2, 0.25) is 0 Å². The third-order valence-electron chi connectivity index (χ3n) is 4.48. The van der Waals surface area contributed by atoms with Crippen molar-refractivity contribution in [1.82, 2.24) is 10.2 Å². The summed E-state index contributed by atoms with van der Waals surface area (Å²) in [5.41, 5.74) is 0. The van der Waals surface area contributed by atoms with Gasteiger partial charge in [0.15, 0.2) is 0 Å². The minimum Gasteiger partial charge on any atom is -0.314 e. The minimum absolute atomic E-state index is 0.186. The fourth-order valence-electron chi connectivity index (χ4n) is 3.34. The van der Waals surface area contributed by atoms with E-state index in [9.17, 15) is 13.2 Å². The van der Waals surface area contributed by atoms with E-state index < -0.39 is 12.7 Å². The lowest BCUT2D eigenvalue weighted by atomic mass is 9.84. The van der Waals surface area contributed by atoms with Gasteiger partial charge in [-0.1, -0.05) is 19.8 Å². The largest absolute Gasteiger partial charge is 0.401 e. The van der Waals surface area contributed by atoms with Crippen LogP contribution in [0.2, 0.25) is 0 Å². The average Bonchev–Trinajstić information content (AvgIpc) is 3.19. The second-order valence-corrected chi connectivity index (χ2v) is 6.38. The molecule has 2 unspecified atom stereocenters. The fraction of sp³-hybridized carbons (Fsp3) is 1.00. The molecule has 0 aromatic rings. The molecule has 0 aliphatic heterocycles. The van der Waals surface area contributed by atoms with Crippen LogP contribution in [0.4, 0.5) is 13.2 Å². The Hall–Kier alpha value is -0.290. The summed E-state index contributed by atoms with van der Waals surface area (Å²) >= 11 is 0. The second-order valence-electron chi connectivity index (χ2n) is 6.38. The van der Waals surface area contributed by atoms with E-state index >= 15 is 0 Å². The summed E-state index contributed by atoms with van der Waals surface area (Å²) < 4.78 is 38.1. The highest BCUT2D eigenvalue weighted by Crippen LogP contribution is 2.33. The number of alkyl halides is 3. The van der Waals surface area contributed by atoms with E-state index in [2.05, 4.69) is 12.2 Å². The zero-order valence-corrected chi connectivity index (χ0v) is 12.4. The van der Waals surface area contributed by atoms with Crippen molar-refractivity contribution in [1.29, 1.82) is 0 Å². The van der Waals surface area contributed by atoms with Crippen LogP contribution in [0.1, 0.15) is 51.9 Å². The van der Waals surface area contributed by atoms with Crippen molar-refractivity contribution in [2.75, 3.05) is 19.6 Å². The fourth-order valence-corrected chi connectivity index (χ4v) is 3.34. The molecule has 0 radical (unpaired) electrons. The molecule has 0 heterocycles. The summed E-state index contributed by atoms with van der Waals surface area (Å²) in [4.78, 5) is 1.69. The Morgan fingerprint density at radius 1 is 1.10 bits per heavy atom. The van der Waals surface area contributed by atoms with E-state index in [1.807, 2.05) is 0 Å². The Balaban J connectivity index is 1.89. The summed E-state index contributed by atoms with van der Waals surface area (Å²) in [5, 5.41) is 3.54. The summed E-state index contributed by atoms with van der Waals surface area (Å²) in [7, 11) is 0. The van der Waals surface area contributed by atoms with Crippen molar-refractivity contribution >= 4 is 0 Å². The molecule has 2 rings (SSSR count). The molecule has 2 nitrogen and oxygen atoms in total. The SMILES string of the molecule is CCCNC1CCCCC1CN(CC(F)(F)F)C1CC1. The van der Waals surface area contributed by atoms with Crippen LogP contribution in [0, 0.1) is 5.92 Å². The van der Waals surface area contributed by atoms with Gasteiger partial charge in [0, 0.05) is 18.6 Å². The molecule has 0 amide bonds. The molecule has 118 valence electrons. The molecule has 2 saturated carbocycles. The van der Waals surface area contributed by atoms with Gasteiger partial charge in [0.05, 0.1) is 6.54 Å². The number of hydrogen-bond donors (Lipinski definition) is 1. The molecule has 0 saturated heterocycles. The molecule has 20 heavy (non-hydrogen) atoms. The molecular weight excluding hydrogens is 265 g/mol. The Morgan fingerprint density at radius 2 is 1.80 bits per heavy atom. The number of hydrogen-bond acceptors (Lipinski definition) is 2. The maximum Gasteiger partial charge on any atom is 0.401 e. The molecule has 0 spiro atoms. The zero-order chi connectivity index (χ0) is 14.6. The second kappa shape index (κ2) is 7.12. The van der Waals surface area contributed by atoms with Crippen molar-refractivity contribution in [2.24, 2.45) is 5.92 Å². The van der Waals surface area contributed by atoms with E-state index in [0.29, 0.717) is 18.5 Å². The predicted octanol–water partition coefficient (Wildman–Crippen LogP) is 3.57. The standard InChI is InChI=1S/C15H27F3N2/c1-2-9-19-14-6-4-3-5-12(14)10-20(13-7-8-13)11-15(16,17)18/h12-14,19H,2-11H2,1H3. The Kier molecular flexibility index (Phi) is 5.73. The molecule has 0 bridgehead atoms. The normalized spacial score (nSPS) is 28.1. The van der Waals surface area contributed by atoms with Gasteiger partial charge < -0.3 is 5.32 Å². The summed E-state index contributed by atoms with van der Waals surface area (Å²) in [6.07, 6.45) is 3.46. The first-order chi connectivity index (χ1) is 9.49. The lowest BCUT2D eigenvalue weighted by Gasteiger charge is -2.36. The van der Waals surface area contributed by atoms with Crippen LogP contribution in [-0.4, -0.2) is 42.8 Å². The predicted molar refractivity (Wildman–Crippen MR) is 74.7 cm³/mol. The van der Waals surface area contributed by atoms with Crippen molar-refractivity contribution < 1.29 is 13.2 Å². The molecule has 2 aliphatic carbocycles. The van der Waals surface area contributed by atoms with Gasteiger partial charge in [0.25, 0.3) is 0 Å². The summed E-state index contributed by atoms with van der Waals surface area (Å²) in [5.74, 6) is 0.387. The van der Waals surface area contributed by atoms with Crippen LogP contribution >= 0.6 is 0 Å². The quantitative estimate of drug-likeness (QED) is 0.771. The van der Waals surface area contributed by atoms with E-state index in [1.165, 1.54) is 12.8 Å². The molecule has 0 aromatic heterocycles. The van der Waals surface area contributed by atoms with Gasteiger partial charge in [-0.15, -0.1) is 0 Å². The lowest BCUT2D eigenvalue weighted by Crippen LogP contribution is -2.47. The van der Waals surface area contributed by atoms with Crippen molar-refractivity contribution in [3.63, 3.8) is 0 Å². The molecule has 2 atom stereocenters. The van der Waals surface area contributed by atoms with Crippen LogP contribution in [0.5, 0.6) is 0 Å². The highest BCUT2D eigenvalue weighted by molar-refractivity contribution is 4.90. The van der Waals surface area contributed by atoms with Crippen LogP contribution in [0.25, 0.3) is 0 Å². The highest BCUT2D eigenvalue weighted by Gasteiger charge is 2.40. The summed E-state index contributed by atoms with van der Waals surface area (Å²) in [6.45, 7) is 3.00. The molecule has 1 N–H and O–H groups in total. The maximum atomic E-state index is 12.7. The smallest absolute Gasteiger partial charge is 0.314 e. The molecule has 5 heteroatoms. The molecular formula is C15H27F3N2. The van der Waals surface area contributed by atoms with Gasteiger partial charge in [-0.05, 0) is 44.6 Å². The number of halogens is 3. The van der Waals surface area contributed by atoms with E-state index in [4.69, 9.17) is 0 Å². The highest BCUT2D eigenvalue weighted by atomic mass is 19.4. The van der Waals surface area contributed by atoms with Crippen molar-refractivity contribution in [3.05, 3.63) is 0 Å². The first-order valence-corrected chi connectivity index (χ1v) is 8.04. The van der Waals surface area contributed by atoms with Crippen LogP contribution in [0.15, 0.2) is 0 Å². The van der Waals surface area contributed by atoms with E-state index in [-0.39, 0.29) is 6.04 Å². The number of rotatable bonds is 7. The summed E-state index contributed by atoms with van der Waals surface area (Å²) in [6, 6.07) is 0.601. The van der Waals surface area contributed by atoms with Crippen molar-refractivity contribution in [3.8, 4) is 0 Å². The van der Waals surface area contributed by atoms with Crippen LogP contribution < -0.4 is 5.32 Å². The third-order valence-corrected chi connectivity index (χ3v) is 4.48. The van der Waals surface area contributed by atoms with Gasteiger partial charge in [-0.2, -0.15) is 13.2 Å². The van der Waals surface area contributed by atoms with Gasteiger partial charge in [-0.3, -0.25) is 4.90 Å². The van der Waals surface area contributed by atoms with Gasteiger partial charge in [0.1, 0.15) is 0 Å². The first kappa shape index (κ1) is 16.1. The monoisotopic (exact) mass is 292 g/mol. The molecule has 2 aliphatic rings. The topological polar surface area (TPSA) is 15.3 Å². The van der Waals surface area contributed by atoms with Crippen LogP contribution in [-0.2, 0) is 0 Å². The Morgan fingerprint density at radius 3 is 2.40 bits per heavy atom. The number of nitrogens with zero attached hydrogens (tertiary/aromatic N) is 1. The maximum absolute atomic E-state index is 12.7. The Labute approximate surface area is 120 Å². The molecule has 0 aromatic carbocycles. The minimum atomic E-state index is -4.07. The Bertz CT molecular complexity index is 289. The average molecular weight is 292 g/mol.